The van der Waals surface area contributed by atoms with E-state index in [1.807, 2.05) is 19.9 Å². The maximum atomic E-state index is 11.5. The lowest BCUT2D eigenvalue weighted by Crippen LogP contribution is -2.51. The maximum Gasteiger partial charge on any atom is 0.252 e. The van der Waals surface area contributed by atoms with E-state index in [-0.39, 0.29) is 0 Å². The van der Waals surface area contributed by atoms with Gasteiger partial charge in [-0.05, 0) is 32.0 Å². The van der Waals surface area contributed by atoms with Crippen molar-refractivity contribution in [2.24, 2.45) is 17.4 Å². The molecule has 1 aliphatic heterocycles. The summed E-state index contributed by atoms with van der Waals surface area (Å²) in [5.41, 5.74) is 13.3. The number of hydrogen-bond acceptors (Lipinski definition) is 4. The number of amides is 1. The minimum absolute atomic E-state index is 0.416. The van der Waals surface area contributed by atoms with Crippen LogP contribution in [0.3, 0.4) is 0 Å². The summed E-state index contributed by atoms with van der Waals surface area (Å²) in [6, 6.07) is 1.88. The largest absolute Gasteiger partial charge is 0.365 e. The first-order valence-corrected chi connectivity index (χ1v) is 5.76. The number of primary amides is 1. The Balaban J connectivity index is 2.36. The molecule has 1 amide bonds. The van der Waals surface area contributed by atoms with E-state index in [4.69, 9.17) is 11.5 Å². The molecule has 1 fully saturated rings. The van der Waals surface area contributed by atoms with Gasteiger partial charge in [0.2, 0.25) is 0 Å². The highest BCUT2D eigenvalue weighted by atomic mass is 16.1. The summed E-state index contributed by atoms with van der Waals surface area (Å²) in [6.45, 7) is 6.19. The number of aromatic nitrogens is 1. The average molecular weight is 234 g/mol. The van der Waals surface area contributed by atoms with Crippen molar-refractivity contribution in [2.45, 2.75) is 13.8 Å². The second-order valence-electron chi connectivity index (χ2n) is 4.65. The Labute approximate surface area is 101 Å². The minimum atomic E-state index is -0.416. The molecule has 0 unspecified atom stereocenters. The van der Waals surface area contributed by atoms with Crippen molar-refractivity contribution in [3.05, 3.63) is 22.9 Å². The van der Waals surface area contributed by atoms with Crippen LogP contribution >= 0.6 is 0 Å². The molecule has 0 aromatic carbocycles. The molecule has 5 heteroatoms. The Morgan fingerprint density at radius 2 is 2.18 bits per heavy atom. The van der Waals surface area contributed by atoms with Gasteiger partial charge in [-0.3, -0.25) is 4.79 Å². The second-order valence-corrected chi connectivity index (χ2v) is 4.65. The number of carbonyl (C=O) groups is 1. The molecule has 0 spiro atoms. The highest BCUT2D eigenvalue weighted by Gasteiger charge is 2.30. The number of carbonyl (C=O) groups excluding carboxylic acids is 1. The Morgan fingerprint density at radius 3 is 2.71 bits per heavy atom. The van der Waals surface area contributed by atoms with E-state index in [2.05, 4.69) is 9.88 Å². The number of pyridine rings is 1. The summed E-state index contributed by atoms with van der Waals surface area (Å²) in [4.78, 5) is 18.0. The highest BCUT2D eigenvalue weighted by Crippen LogP contribution is 2.28. The first-order valence-electron chi connectivity index (χ1n) is 5.76. The molecule has 0 radical (unpaired) electrons. The van der Waals surface area contributed by atoms with Gasteiger partial charge >= 0.3 is 0 Å². The van der Waals surface area contributed by atoms with Crippen molar-refractivity contribution in [3.63, 3.8) is 0 Å². The normalized spacial score (nSPS) is 15.8. The van der Waals surface area contributed by atoms with Gasteiger partial charge in [-0.2, -0.15) is 0 Å². The van der Waals surface area contributed by atoms with Gasteiger partial charge in [0, 0.05) is 24.7 Å². The summed E-state index contributed by atoms with van der Waals surface area (Å²) in [6.07, 6.45) is 0. The fourth-order valence-corrected chi connectivity index (χ4v) is 2.24. The van der Waals surface area contributed by atoms with E-state index in [0.29, 0.717) is 23.8 Å². The standard InChI is InChI=1S/C12H18N4O/c1-7-3-8(2)15-12(10(7)11(14)17)16-5-9(4-13)6-16/h3,9H,4-6,13H2,1-2H3,(H2,14,17). The van der Waals surface area contributed by atoms with Crippen molar-refractivity contribution in [3.8, 4) is 0 Å². The van der Waals surface area contributed by atoms with Crippen LogP contribution in [-0.4, -0.2) is 30.5 Å². The lowest BCUT2D eigenvalue weighted by molar-refractivity contribution is 0.0999. The van der Waals surface area contributed by atoms with Crippen molar-refractivity contribution >= 4 is 11.7 Å². The van der Waals surface area contributed by atoms with Crippen LogP contribution < -0.4 is 16.4 Å². The third-order valence-corrected chi connectivity index (χ3v) is 3.16. The molecule has 4 N–H and O–H groups in total. The smallest absolute Gasteiger partial charge is 0.252 e. The van der Waals surface area contributed by atoms with E-state index in [9.17, 15) is 4.79 Å². The van der Waals surface area contributed by atoms with Crippen LogP contribution in [0.2, 0.25) is 0 Å². The van der Waals surface area contributed by atoms with Crippen LogP contribution in [-0.2, 0) is 0 Å². The van der Waals surface area contributed by atoms with Crippen LogP contribution in [0.5, 0.6) is 0 Å². The van der Waals surface area contributed by atoms with Crippen LogP contribution in [0.1, 0.15) is 21.6 Å². The summed E-state index contributed by atoms with van der Waals surface area (Å²) in [5, 5.41) is 0. The zero-order valence-corrected chi connectivity index (χ0v) is 10.2. The molecule has 0 bridgehead atoms. The molecule has 92 valence electrons. The number of nitrogens with zero attached hydrogens (tertiary/aromatic N) is 2. The molecule has 1 aromatic rings. The highest BCUT2D eigenvalue weighted by molar-refractivity contribution is 5.99. The Kier molecular flexibility index (Phi) is 3.02. The van der Waals surface area contributed by atoms with Gasteiger partial charge in [0.05, 0.1) is 5.56 Å². The summed E-state index contributed by atoms with van der Waals surface area (Å²) in [5.74, 6) is 0.791. The van der Waals surface area contributed by atoms with Crippen LogP contribution in [0.15, 0.2) is 6.07 Å². The van der Waals surface area contributed by atoms with Gasteiger partial charge < -0.3 is 16.4 Å². The summed E-state index contributed by atoms with van der Waals surface area (Å²) >= 11 is 0. The fourth-order valence-electron chi connectivity index (χ4n) is 2.24. The Bertz CT molecular complexity index is 452. The van der Waals surface area contributed by atoms with Gasteiger partial charge in [0.15, 0.2) is 0 Å². The van der Waals surface area contributed by atoms with E-state index in [1.165, 1.54) is 0 Å². The molecular weight excluding hydrogens is 216 g/mol. The molecule has 0 atom stereocenters. The van der Waals surface area contributed by atoms with Crippen molar-refractivity contribution in [1.82, 2.24) is 4.98 Å². The van der Waals surface area contributed by atoms with Crippen LogP contribution in [0, 0.1) is 19.8 Å². The molecule has 0 saturated carbocycles. The van der Waals surface area contributed by atoms with E-state index in [0.717, 1.165) is 24.3 Å². The predicted octanol–water partition coefficient (Wildman–Crippen LogP) is 0.192. The molecule has 5 nitrogen and oxygen atoms in total. The van der Waals surface area contributed by atoms with Gasteiger partial charge in [-0.25, -0.2) is 4.98 Å². The maximum absolute atomic E-state index is 11.5. The molecule has 1 saturated heterocycles. The molecular formula is C12H18N4O. The van der Waals surface area contributed by atoms with E-state index in [1.54, 1.807) is 0 Å². The molecule has 0 aliphatic carbocycles. The van der Waals surface area contributed by atoms with Gasteiger partial charge in [0.25, 0.3) is 5.91 Å². The Hall–Kier alpha value is -1.62. The van der Waals surface area contributed by atoms with Crippen LogP contribution in [0.4, 0.5) is 5.82 Å². The quantitative estimate of drug-likeness (QED) is 0.782. The molecule has 1 aromatic heterocycles. The summed E-state index contributed by atoms with van der Waals surface area (Å²) in [7, 11) is 0. The lowest BCUT2D eigenvalue weighted by atomic mass is 9.98. The Morgan fingerprint density at radius 1 is 1.53 bits per heavy atom. The zero-order chi connectivity index (χ0) is 12.6. The number of anilines is 1. The first kappa shape index (κ1) is 11.9. The molecule has 2 heterocycles. The van der Waals surface area contributed by atoms with Gasteiger partial charge in [0.1, 0.15) is 5.82 Å². The lowest BCUT2D eigenvalue weighted by Gasteiger charge is -2.40. The monoisotopic (exact) mass is 234 g/mol. The third-order valence-electron chi connectivity index (χ3n) is 3.16. The van der Waals surface area contributed by atoms with E-state index < -0.39 is 5.91 Å². The molecule has 1 aliphatic rings. The van der Waals surface area contributed by atoms with Crippen molar-refractivity contribution in [1.29, 1.82) is 0 Å². The minimum Gasteiger partial charge on any atom is -0.365 e. The number of hydrogen-bond donors (Lipinski definition) is 2. The second kappa shape index (κ2) is 4.33. The zero-order valence-electron chi connectivity index (χ0n) is 10.2. The SMILES string of the molecule is Cc1cc(C)c(C(N)=O)c(N2CC(CN)C2)n1. The number of nitrogens with two attached hydrogens (primary N) is 2. The topological polar surface area (TPSA) is 85.2 Å². The average Bonchev–Trinajstić information content (AvgIpc) is 2.13. The van der Waals surface area contributed by atoms with Gasteiger partial charge in [-0.1, -0.05) is 0 Å². The van der Waals surface area contributed by atoms with Crippen LogP contribution in [0.25, 0.3) is 0 Å². The van der Waals surface area contributed by atoms with Gasteiger partial charge in [-0.15, -0.1) is 0 Å². The molecule has 17 heavy (non-hydrogen) atoms. The molecule has 2 rings (SSSR count). The number of aryl methyl sites for hydroxylation is 2. The fraction of sp³-hybridized carbons (Fsp3) is 0.500. The third kappa shape index (κ3) is 2.10. The first-order chi connectivity index (χ1) is 8.02. The van der Waals surface area contributed by atoms with Crippen molar-refractivity contribution in [2.75, 3.05) is 24.5 Å². The summed E-state index contributed by atoms with van der Waals surface area (Å²) < 4.78 is 0. The predicted molar refractivity (Wildman–Crippen MR) is 67.0 cm³/mol. The van der Waals surface area contributed by atoms with E-state index >= 15 is 0 Å². The van der Waals surface area contributed by atoms with Crippen molar-refractivity contribution < 1.29 is 4.79 Å². The number of rotatable bonds is 3.